The number of aryl methyl sites for hydroxylation is 2. The quantitative estimate of drug-likeness (QED) is 0.512. The molecule has 3 aromatic heterocycles. The number of nitrogens with zero attached hydrogens (tertiary/aromatic N) is 4. The number of amides is 1. The van der Waals surface area contributed by atoms with Gasteiger partial charge in [0.2, 0.25) is 11.7 Å². The van der Waals surface area contributed by atoms with Crippen molar-refractivity contribution in [2.24, 2.45) is 5.73 Å². The zero-order valence-corrected chi connectivity index (χ0v) is 15.3. The third kappa shape index (κ3) is 2.99. The summed E-state index contributed by atoms with van der Waals surface area (Å²) in [6, 6.07) is 11.9. The van der Waals surface area contributed by atoms with E-state index in [1.807, 2.05) is 46.2 Å². The van der Waals surface area contributed by atoms with Crippen LogP contribution in [0, 0.1) is 0 Å². The third-order valence-corrected chi connectivity index (χ3v) is 5.84. The lowest BCUT2D eigenvalue weighted by atomic mass is 10.1. The molecule has 0 saturated carbocycles. The molecule has 0 bridgehead atoms. The van der Waals surface area contributed by atoms with Gasteiger partial charge in [-0.15, -0.1) is 21.5 Å². The lowest BCUT2D eigenvalue weighted by molar-refractivity contribution is -0.115. The zero-order chi connectivity index (χ0) is 18.1. The smallest absolute Gasteiger partial charge is 0.272 e. The molecule has 0 aliphatic rings. The first-order valence-corrected chi connectivity index (χ1v) is 9.82. The Morgan fingerprint density at radius 2 is 2.00 bits per heavy atom. The van der Waals surface area contributed by atoms with Crippen LogP contribution in [-0.2, 0) is 17.8 Å². The summed E-state index contributed by atoms with van der Waals surface area (Å²) in [5.41, 5.74) is 7.07. The van der Waals surface area contributed by atoms with Crippen molar-refractivity contribution in [1.82, 2.24) is 19.2 Å². The monoisotopic (exact) mass is 385 g/mol. The number of primary amides is 1. The van der Waals surface area contributed by atoms with E-state index >= 15 is 0 Å². The zero-order valence-electron chi connectivity index (χ0n) is 13.7. The van der Waals surface area contributed by atoms with E-state index in [1.54, 1.807) is 4.57 Å². The molecule has 4 aromatic rings. The van der Waals surface area contributed by atoms with E-state index in [0.29, 0.717) is 28.6 Å². The average Bonchev–Trinajstić information content (AvgIpc) is 3.27. The molecule has 0 atom stereocenters. The van der Waals surface area contributed by atoms with Gasteiger partial charge < -0.3 is 5.73 Å². The fraction of sp³-hybridized carbons (Fsp3) is 0.176. The van der Waals surface area contributed by atoms with Crippen molar-refractivity contribution in [2.45, 2.75) is 18.1 Å². The normalized spacial score (nSPS) is 11.4. The van der Waals surface area contributed by atoms with E-state index in [1.165, 1.54) is 23.1 Å². The first-order chi connectivity index (χ1) is 12.6. The van der Waals surface area contributed by atoms with Gasteiger partial charge in [-0.05, 0) is 23.4 Å². The van der Waals surface area contributed by atoms with Gasteiger partial charge in [-0.2, -0.15) is 0 Å². The predicted molar refractivity (Wildman–Crippen MR) is 103 cm³/mol. The fourth-order valence-corrected chi connectivity index (χ4v) is 4.32. The first kappa shape index (κ1) is 16.8. The molecule has 0 aliphatic carbocycles. The maximum Gasteiger partial charge on any atom is 0.272 e. The number of carbonyl (C=O) groups excluding carboxylic acids is 1. The van der Waals surface area contributed by atoms with Gasteiger partial charge in [-0.3, -0.25) is 18.6 Å². The van der Waals surface area contributed by atoms with Crippen LogP contribution in [0.25, 0.3) is 16.0 Å². The first-order valence-electron chi connectivity index (χ1n) is 7.95. The summed E-state index contributed by atoms with van der Waals surface area (Å²) in [4.78, 5) is 24.0. The van der Waals surface area contributed by atoms with Crippen LogP contribution in [0.15, 0.2) is 51.7 Å². The minimum absolute atomic E-state index is 0.0720. The van der Waals surface area contributed by atoms with E-state index in [0.717, 1.165) is 11.1 Å². The van der Waals surface area contributed by atoms with E-state index < -0.39 is 5.91 Å². The van der Waals surface area contributed by atoms with Crippen LogP contribution < -0.4 is 11.3 Å². The standard InChI is InChI=1S/C17H15N5O2S2/c18-13(23)10-26-17-20-19-16-21(8-6-11-4-2-1-3-5-11)15(24)14-12(22(16)17)7-9-25-14/h1-5,7,9H,6,8,10H2,(H2,18,23). The van der Waals surface area contributed by atoms with Crippen molar-refractivity contribution in [3.8, 4) is 0 Å². The second kappa shape index (κ2) is 6.93. The summed E-state index contributed by atoms with van der Waals surface area (Å²) in [5, 5.41) is 10.8. The highest BCUT2D eigenvalue weighted by molar-refractivity contribution is 7.99. The molecule has 26 heavy (non-hydrogen) atoms. The van der Waals surface area contributed by atoms with Crippen molar-refractivity contribution in [1.29, 1.82) is 0 Å². The van der Waals surface area contributed by atoms with Gasteiger partial charge in [-0.25, -0.2) is 0 Å². The molecule has 0 fully saturated rings. The highest BCUT2D eigenvalue weighted by atomic mass is 32.2. The Bertz CT molecular complexity index is 1150. The van der Waals surface area contributed by atoms with Crippen LogP contribution in [0.1, 0.15) is 5.56 Å². The highest BCUT2D eigenvalue weighted by Crippen LogP contribution is 2.24. The topological polar surface area (TPSA) is 95.3 Å². The number of thiophene rings is 1. The van der Waals surface area contributed by atoms with Gasteiger partial charge in [-0.1, -0.05) is 42.1 Å². The number of rotatable bonds is 6. The molecule has 9 heteroatoms. The molecule has 1 amide bonds. The Hall–Kier alpha value is -2.65. The average molecular weight is 385 g/mol. The summed E-state index contributed by atoms with van der Waals surface area (Å²) in [5.74, 6) is 0.157. The molecule has 1 aromatic carbocycles. The van der Waals surface area contributed by atoms with Gasteiger partial charge >= 0.3 is 0 Å². The Balaban J connectivity index is 1.81. The third-order valence-electron chi connectivity index (χ3n) is 3.99. The van der Waals surface area contributed by atoms with Crippen LogP contribution in [-0.4, -0.2) is 30.8 Å². The van der Waals surface area contributed by atoms with E-state index in [9.17, 15) is 9.59 Å². The molecule has 0 spiro atoms. The molecular formula is C17H15N5O2S2. The number of thioether (sulfide) groups is 1. The molecule has 0 unspecified atom stereocenters. The Morgan fingerprint density at radius 1 is 1.19 bits per heavy atom. The summed E-state index contributed by atoms with van der Waals surface area (Å²) >= 11 is 2.61. The number of hydrogen-bond acceptors (Lipinski definition) is 6. The van der Waals surface area contributed by atoms with Crippen molar-refractivity contribution < 1.29 is 4.79 Å². The summed E-state index contributed by atoms with van der Waals surface area (Å²) in [7, 11) is 0. The number of carbonyl (C=O) groups is 1. The molecular weight excluding hydrogens is 370 g/mol. The lowest BCUT2D eigenvalue weighted by Crippen LogP contribution is -2.23. The largest absolute Gasteiger partial charge is 0.369 e. The molecule has 0 aliphatic heterocycles. The minimum Gasteiger partial charge on any atom is -0.369 e. The van der Waals surface area contributed by atoms with Gasteiger partial charge in [0.05, 0.1) is 11.3 Å². The molecule has 0 radical (unpaired) electrons. The van der Waals surface area contributed by atoms with E-state index in [-0.39, 0.29) is 11.3 Å². The van der Waals surface area contributed by atoms with Crippen molar-refractivity contribution in [3.05, 3.63) is 57.7 Å². The predicted octanol–water partition coefficient (Wildman–Crippen LogP) is 1.93. The highest BCUT2D eigenvalue weighted by Gasteiger charge is 2.18. The van der Waals surface area contributed by atoms with E-state index in [4.69, 9.17) is 5.73 Å². The van der Waals surface area contributed by atoms with Gasteiger partial charge in [0, 0.05) is 6.54 Å². The molecule has 132 valence electrons. The maximum atomic E-state index is 12.9. The van der Waals surface area contributed by atoms with E-state index in [2.05, 4.69) is 10.2 Å². The van der Waals surface area contributed by atoms with Crippen molar-refractivity contribution in [2.75, 3.05) is 5.75 Å². The summed E-state index contributed by atoms with van der Waals surface area (Å²) in [6.45, 7) is 0.499. The summed E-state index contributed by atoms with van der Waals surface area (Å²) < 4.78 is 4.12. The van der Waals surface area contributed by atoms with Crippen LogP contribution in [0.5, 0.6) is 0 Å². The van der Waals surface area contributed by atoms with Crippen LogP contribution in [0.3, 0.4) is 0 Å². The van der Waals surface area contributed by atoms with Gasteiger partial charge in [0.15, 0.2) is 5.16 Å². The SMILES string of the molecule is NC(=O)CSc1nnc2n(CCc3ccccc3)c(=O)c3sccc3n12. The number of fused-ring (bicyclic) bond motifs is 3. The molecule has 4 rings (SSSR count). The van der Waals surface area contributed by atoms with Gasteiger partial charge in [0.25, 0.3) is 5.56 Å². The Kier molecular flexibility index (Phi) is 4.48. The Morgan fingerprint density at radius 3 is 2.77 bits per heavy atom. The van der Waals surface area contributed by atoms with Crippen LogP contribution in [0.2, 0.25) is 0 Å². The molecule has 0 saturated heterocycles. The second-order valence-corrected chi connectivity index (χ2v) is 7.56. The molecule has 3 heterocycles. The Labute approximate surface area is 156 Å². The number of hydrogen-bond donors (Lipinski definition) is 1. The lowest BCUT2D eigenvalue weighted by Gasteiger charge is -2.09. The molecule has 2 N–H and O–H groups in total. The van der Waals surface area contributed by atoms with Crippen molar-refractivity contribution in [3.63, 3.8) is 0 Å². The number of aromatic nitrogens is 4. The van der Waals surface area contributed by atoms with Crippen LogP contribution in [0.4, 0.5) is 0 Å². The second-order valence-electron chi connectivity index (χ2n) is 5.70. The number of nitrogens with two attached hydrogens (primary N) is 1. The van der Waals surface area contributed by atoms with Crippen LogP contribution >= 0.6 is 23.1 Å². The maximum absolute atomic E-state index is 12.9. The summed E-state index contributed by atoms with van der Waals surface area (Å²) in [6.07, 6.45) is 0.712. The minimum atomic E-state index is -0.425. The van der Waals surface area contributed by atoms with Crippen molar-refractivity contribution >= 4 is 45.0 Å². The van der Waals surface area contributed by atoms with Gasteiger partial charge in [0.1, 0.15) is 4.70 Å². The fourth-order valence-electron chi connectivity index (χ4n) is 2.82. The molecule has 7 nitrogen and oxygen atoms in total. The number of benzene rings is 1.